The van der Waals surface area contributed by atoms with Crippen molar-refractivity contribution in [1.29, 1.82) is 0 Å². The van der Waals surface area contributed by atoms with Crippen LogP contribution in [0.15, 0.2) is 0 Å². The summed E-state index contributed by atoms with van der Waals surface area (Å²) in [5.41, 5.74) is 0. The molecule has 3 nitrogen and oxygen atoms in total. The number of carbonyl (C=O) groups is 1. The highest BCUT2D eigenvalue weighted by Crippen LogP contribution is 2.26. The van der Waals surface area contributed by atoms with E-state index < -0.39 is 12.0 Å². The summed E-state index contributed by atoms with van der Waals surface area (Å²) in [6, 6.07) is -0.459. The van der Waals surface area contributed by atoms with Crippen LogP contribution in [0, 0.1) is 0 Å². The molecule has 74 valence electrons. The smallest absolute Gasteiger partial charge is 0.262 e. The molecule has 0 bridgehead atoms. The molecule has 0 aromatic carbocycles. The molecule has 1 aliphatic carbocycles. The lowest BCUT2D eigenvalue weighted by Gasteiger charge is -2.09. The third-order valence-electron chi connectivity index (χ3n) is 2.35. The Kier molecular flexibility index (Phi) is 1.98. The summed E-state index contributed by atoms with van der Waals surface area (Å²) in [5, 5.41) is 5.22. The molecule has 0 aromatic rings. The van der Waals surface area contributed by atoms with Crippen LogP contribution in [0.5, 0.6) is 0 Å². The number of amides is 1. The molecule has 5 heteroatoms. The van der Waals surface area contributed by atoms with Gasteiger partial charge in [0.1, 0.15) is 0 Å². The van der Waals surface area contributed by atoms with Crippen molar-refractivity contribution < 1.29 is 13.6 Å². The molecule has 2 fully saturated rings. The van der Waals surface area contributed by atoms with Gasteiger partial charge in [0.25, 0.3) is 5.92 Å². The molecule has 1 saturated heterocycles. The predicted molar refractivity (Wildman–Crippen MR) is 42.5 cm³/mol. The molecule has 1 heterocycles. The predicted octanol–water partition coefficient (Wildman–Crippen LogP) is 0.262. The third kappa shape index (κ3) is 2.15. The van der Waals surface area contributed by atoms with E-state index in [1.54, 1.807) is 0 Å². The van der Waals surface area contributed by atoms with Crippen molar-refractivity contribution in [3.8, 4) is 0 Å². The zero-order chi connectivity index (χ0) is 9.47. The van der Waals surface area contributed by atoms with Gasteiger partial charge in [-0.05, 0) is 12.8 Å². The van der Waals surface area contributed by atoms with Crippen molar-refractivity contribution >= 4 is 5.91 Å². The summed E-state index contributed by atoms with van der Waals surface area (Å²) >= 11 is 0. The highest BCUT2D eigenvalue weighted by Gasteiger charge is 2.43. The lowest BCUT2D eigenvalue weighted by molar-refractivity contribution is -0.123. The molecule has 0 unspecified atom stereocenters. The van der Waals surface area contributed by atoms with Gasteiger partial charge in [-0.15, -0.1) is 0 Å². The van der Waals surface area contributed by atoms with E-state index in [1.165, 1.54) is 0 Å². The van der Waals surface area contributed by atoms with Gasteiger partial charge in [-0.25, -0.2) is 8.78 Å². The van der Waals surface area contributed by atoms with Gasteiger partial charge in [-0.2, -0.15) is 0 Å². The fraction of sp³-hybridized carbons (Fsp3) is 0.875. The van der Waals surface area contributed by atoms with Gasteiger partial charge in [0.05, 0.1) is 12.6 Å². The first-order valence-corrected chi connectivity index (χ1v) is 4.48. The summed E-state index contributed by atoms with van der Waals surface area (Å²) < 4.78 is 25.3. The van der Waals surface area contributed by atoms with Crippen molar-refractivity contribution in [2.45, 2.75) is 37.3 Å². The number of hydrogen-bond acceptors (Lipinski definition) is 2. The van der Waals surface area contributed by atoms with Crippen molar-refractivity contribution in [1.82, 2.24) is 10.6 Å². The molecule has 1 aliphatic heterocycles. The quantitative estimate of drug-likeness (QED) is 0.656. The molecule has 1 saturated carbocycles. The van der Waals surface area contributed by atoms with Crippen LogP contribution >= 0.6 is 0 Å². The molecule has 0 radical (unpaired) electrons. The Bertz CT molecular complexity index is 228. The van der Waals surface area contributed by atoms with Gasteiger partial charge in [-0.1, -0.05) is 0 Å². The van der Waals surface area contributed by atoms with Crippen LogP contribution < -0.4 is 10.6 Å². The molecular weight excluding hydrogens is 178 g/mol. The van der Waals surface area contributed by atoms with Crippen LogP contribution in [0.3, 0.4) is 0 Å². The molecule has 2 rings (SSSR count). The zero-order valence-electron chi connectivity index (χ0n) is 7.15. The summed E-state index contributed by atoms with van der Waals surface area (Å²) in [6.45, 7) is -0.379. The summed E-state index contributed by atoms with van der Waals surface area (Å²) in [7, 11) is 0. The Morgan fingerprint density at radius 3 is 2.62 bits per heavy atom. The largest absolute Gasteiger partial charge is 0.352 e. The molecule has 0 spiro atoms. The van der Waals surface area contributed by atoms with E-state index >= 15 is 0 Å². The minimum atomic E-state index is -2.72. The lowest BCUT2D eigenvalue weighted by Crippen LogP contribution is -2.41. The van der Waals surface area contributed by atoms with Gasteiger partial charge in [0.15, 0.2) is 0 Å². The van der Waals surface area contributed by atoms with Crippen molar-refractivity contribution in [3.05, 3.63) is 0 Å². The van der Waals surface area contributed by atoms with Crippen molar-refractivity contribution in [2.75, 3.05) is 6.54 Å². The summed E-state index contributed by atoms with van der Waals surface area (Å²) in [4.78, 5) is 11.3. The maximum Gasteiger partial charge on any atom is 0.262 e. The van der Waals surface area contributed by atoms with E-state index in [0.29, 0.717) is 0 Å². The fourth-order valence-electron chi connectivity index (χ4n) is 1.43. The van der Waals surface area contributed by atoms with E-state index in [2.05, 4.69) is 10.6 Å². The van der Waals surface area contributed by atoms with Crippen LogP contribution in [0.2, 0.25) is 0 Å². The van der Waals surface area contributed by atoms with E-state index in [-0.39, 0.29) is 24.9 Å². The van der Waals surface area contributed by atoms with Gasteiger partial charge in [0.2, 0.25) is 5.91 Å². The molecule has 1 atom stereocenters. The van der Waals surface area contributed by atoms with E-state index in [1.807, 2.05) is 0 Å². The standard InChI is InChI=1S/C8H12F2N2O/c9-8(10)3-6(11-4-8)7(13)12-5-1-2-5/h5-6,11H,1-4H2,(H,12,13)/t6-/m0/s1. The number of hydrogen-bond donors (Lipinski definition) is 2. The normalized spacial score (nSPS) is 31.7. The third-order valence-corrected chi connectivity index (χ3v) is 2.35. The topological polar surface area (TPSA) is 41.1 Å². The van der Waals surface area contributed by atoms with Crippen LogP contribution in [-0.4, -0.2) is 30.5 Å². The Balaban J connectivity index is 1.83. The maximum absolute atomic E-state index is 12.7. The Morgan fingerprint density at radius 1 is 1.46 bits per heavy atom. The Morgan fingerprint density at radius 2 is 2.15 bits per heavy atom. The molecule has 2 N–H and O–H groups in total. The molecular formula is C8H12F2N2O. The van der Waals surface area contributed by atoms with Crippen LogP contribution in [-0.2, 0) is 4.79 Å². The second kappa shape index (κ2) is 2.90. The van der Waals surface area contributed by atoms with E-state index in [0.717, 1.165) is 12.8 Å². The number of halogens is 2. The highest BCUT2D eigenvalue weighted by molar-refractivity contribution is 5.82. The highest BCUT2D eigenvalue weighted by atomic mass is 19.3. The zero-order valence-corrected chi connectivity index (χ0v) is 7.15. The second-order valence-electron chi connectivity index (χ2n) is 3.78. The number of rotatable bonds is 2. The number of nitrogens with one attached hydrogen (secondary N) is 2. The minimum Gasteiger partial charge on any atom is -0.352 e. The van der Waals surface area contributed by atoms with Gasteiger partial charge in [-0.3, -0.25) is 10.1 Å². The Labute approximate surface area is 74.9 Å². The summed E-state index contributed by atoms with van der Waals surface area (Å²) in [6.07, 6.45) is 1.59. The van der Waals surface area contributed by atoms with E-state index in [9.17, 15) is 13.6 Å². The van der Waals surface area contributed by atoms with E-state index in [4.69, 9.17) is 0 Å². The first-order valence-electron chi connectivity index (χ1n) is 4.48. The molecule has 1 amide bonds. The number of alkyl halides is 2. The van der Waals surface area contributed by atoms with Crippen LogP contribution in [0.25, 0.3) is 0 Å². The SMILES string of the molecule is O=C(NC1CC1)[C@@H]1CC(F)(F)CN1. The first kappa shape index (κ1) is 8.87. The average molecular weight is 190 g/mol. The number of carbonyl (C=O) groups excluding carboxylic acids is 1. The van der Waals surface area contributed by atoms with Crippen LogP contribution in [0.1, 0.15) is 19.3 Å². The van der Waals surface area contributed by atoms with Crippen molar-refractivity contribution in [3.63, 3.8) is 0 Å². The maximum atomic E-state index is 12.7. The van der Waals surface area contributed by atoms with Crippen LogP contribution in [0.4, 0.5) is 8.78 Å². The van der Waals surface area contributed by atoms with Gasteiger partial charge < -0.3 is 5.32 Å². The van der Waals surface area contributed by atoms with Gasteiger partial charge in [0, 0.05) is 12.5 Å². The fourth-order valence-corrected chi connectivity index (χ4v) is 1.43. The average Bonchev–Trinajstić information content (AvgIpc) is 2.75. The minimum absolute atomic E-state index is 0.239. The lowest BCUT2D eigenvalue weighted by atomic mass is 10.2. The first-order chi connectivity index (χ1) is 6.07. The summed E-state index contributed by atoms with van der Waals surface area (Å²) in [5.74, 6) is -2.99. The molecule has 2 aliphatic rings. The molecule has 13 heavy (non-hydrogen) atoms. The Hall–Kier alpha value is -0.710. The van der Waals surface area contributed by atoms with Gasteiger partial charge >= 0.3 is 0 Å². The van der Waals surface area contributed by atoms with Crippen molar-refractivity contribution in [2.24, 2.45) is 0 Å². The second-order valence-corrected chi connectivity index (χ2v) is 3.78. The molecule has 0 aromatic heterocycles. The monoisotopic (exact) mass is 190 g/mol.